The van der Waals surface area contributed by atoms with Gasteiger partial charge >= 0.3 is 0 Å². The van der Waals surface area contributed by atoms with Gasteiger partial charge in [-0.2, -0.15) is 5.10 Å². The van der Waals surface area contributed by atoms with Crippen molar-refractivity contribution in [2.24, 2.45) is 5.10 Å². The van der Waals surface area contributed by atoms with Gasteiger partial charge < -0.3 is 0 Å². The lowest BCUT2D eigenvalue weighted by molar-refractivity contribution is 1.24. The highest BCUT2D eigenvalue weighted by Gasteiger charge is 2.08. The van der Waals surface area contributed by atoms with Gasteiger partial charge in [0.05, 0.1) is 11.4 Å². The van der Waals surface area contributed by atoms with Gasteiger partial charge in [0.25, 0.3) is 0 Å². The minimum absolute atomic E-state index is 0.803. The number of anilines is 1. The molecule has 0 atom stereocenters. The second-order valence-electron chi connectivity index (χ2n) is 6.49. The summed E-state index contributed by atoms with van der Waals surface area (Å²) >= 11 is 1.57. The van der Waals surface area contributed by atoms with Gasteiger partial charge in [-0.1, -0.05) is 47.5 Å². The van der Waals surface area contributed by atoms with Gasteiger partial charge in [-0.15, -0.1) is 11.3 Å². The number of aryl methyl sites for hydroxylation is 4. The first-order valence-electron chi connectivity index (χ1n) is 8.35. The van der Waals surface area contributed by atoms with Crippen LogP contribution < -0.4 is 5.43 Å². The molecule has 2 aromatic carbocycles. The average Bonchev–Trinajstić information content (AvgIpc) is 3.01. The summed E-state index contributed by atoms with van der Waals surface area (Å²) in [6, 6.07) is 12.8. The van der Waals surface area contributed by atoms with E-state index in [1.54, 1.807) is 11.3 Å². The van der Waals surface area contributed by atoms with Crippen molar-refractivity contribution in [1.29, 1.82) is 0 Å². The lowest BCUT2D eigenvalue weighted by atomic mass is 9.97. The lowest BCUT2D eigenvalue weighted by Gasteiger charge is -2.11. The highest BCUT2D eigenvalue weighted by Crippen LogP contribution is 2.25. The van der Waals surface area contributed by atoms with Gasteiger partial charge in [0, 0.05) is 16.5 Å². The highest BCUT2D eigenvalue weighted by atomic mass is 32.1. The van der Waals surface area contributed by atoms with Crippen molar-refractivity contribution in [2.45, 2.75) is 34.6 Å². The van der Waals surface area contributed by atoms with Crippen molar-refractivity contribution in [1.82, 2.24) is 4.98 Å². The third kappa shape index (κ3) is 3.97. The van der Waals surface area contributed by atoms with Crippen molar-refractivity contribution in [2.75, 3.05) is 5.43 Å². The summed E-state index contributed by atoms with van der Waals surface area (Å²) < 4.78 is 0. The molecule has 0 amide bonds. The maximum Gasteiger partial charge on any atom is 0.203 e. The first kappa shape index (κ1) is 17.4. The summed E-state index contributed by atoms with van der Waals surface area (Å²) in [5.41, 5.74) is 12.4. The number of hydrazone groups is 1. The Kier molecular flexibility index (Phi) is 5.00. The largest absolute Gasteiger partial charge is 0.252 e. The third-order valence-electron chi connectivity index (χ3n) is 4.21. The van der Waals surface area contributed by atoms with E-state index in [9.17, 15) is 0 Å². The number of hydrogen-bond acceptors (Lipinski definition) is 4. The molecular formula is C21H23N3S. The number of nitrogens with zero attached hydrogens (tertiary/aromatic N) is 2. The SMILES string of the molecule is C/C(=N/Nc1nc(-c2ccc(C)cc2)cs1)c1c(C)cc(C)cc1C. The van der Waals surface area contributed by atoms with Crippen molar-refractivity contribution >= 4 is 22.2 Å². The normalized spacial score (nSPS) is 11.6. The highest BCUT2D eigenvalue weighted by molar-refractivity contribution is 7.14. The molecule has 0 bridgehead atoms. The summed E-state index contributed by atoms with van der Waals surface area (Å²) in [5, 5.41) is 7.41. The number of thiazole rings is 1. The maximum atomic E-state index is 4.64. The van der Waals surface area contributed by atoms with Crippen molar-refractivity contribution < 1.29 is 0 Å². The summed E-state index contributed by atoms with van der Waals surface area (Å²) in [6.45, 7) is 10.5. The molecule has 0 saturated heterocycles. The van der Waals surface area contributed by atoms with Crippen LogP contribution in [0.25, 0.3) is 11.3 Å². The van der Waals surface area contributed by atoms with E-state index < -0.39 is 0 Å². The first-order valence-corrected chi connectivity index (χ1v) is 9.23. The Morgan fingerprint density at radius 2 is 1.60 bits per heavy atom. The molecule has 3 nitrogen and oxygen atoms in total. The Labute approximate surface area is 153 Å². The molecule has 0 saturated carbocycles. The molecule has 3 aromatic rings. The molecule has 3 rings (SSSR count). The lowest BCUT2D eigenvalue weighted by Crippen LogP contribution is -2.05. The molecule has 4 heteroatoms. The molecular weight excluding hydrogens is 326 g/mol. The zero-order chi connectivity index (χ0) is 18.0. The Bertz CT molecular complexity index is 898. The number of hydrogen-bond donors (Lipinski definition) is 1. The summed E-state index contributed by atoms with van der Waals surface area (Å²) in [6.07, 6.45) is 0. The monoisotopic (exact) mass is 349 g/mol. The van der Waals surface area contributed by atoms with E-state index in [1.165, 1.54) is 27.8 Å². The van der Waals surface area contributed by atoms with E-state index in [0.717, 1.165) is 22.1 Å². The van der Waals surface area contributed by atoms with Crippen LogP contribution in [0.3, 0.4) is 0 Å². The van der Waals surface area contributed by atoms with E-state index in [1.807, 2.05) is 6.92 Å². The third-order valence-corrected chi connectivity index (χ3v) is 4.96. The van der Waals surface area contributed by atoms with Crippen molar-refractivity contribution in [3.8, 4) is 11.3 Å². The molecule has 0 aliphatic heterocycles. The van der Waals surface area contributed by atoms with Crippen LogP contribution in [0.1, 0.15) is 34.7 Å². The van der Waals surface area contributed by atoms with Crippen molar-refractivity contribution in [3.05, 3.63) is 69.6 Å². The van der Waals surface area contributed by atoms with Gasteiger partial charge in [-0.3, -0.25) is 5.43 Å². The molecule has 0 fully saturated rings. The van der Waals surface area contributed by atoms with Crippen LogP contribution in [0.2, 0.25) is 0 Å². The fourth-order valence-electron chi connectivity index (χ4n) is 3.12. The zero-order valence-electron chi connectivity index (χ0n) is 15.3. The molecule has 25 heavy (non-hydrogen) atoms. The molecule has 0 radical (unpaired) electrons. The van der Waals surface area contributed by atoms with E-state index in [-0.39, 0.29) is 0 Å². The molecule has 0 aliphatic carbocycles. The molecule has 1 aromatic heterocycles. The predicted octanol–water partition coefficient (Wildman–Crippen LogP) is 5.88. The topological polar surface area (TPSA) is 37.3 Å². The molecule has 1 N–H and O–H groups in total. The number of aromatic nitrogens is 1. The van der Waals surface area contributed by atoms with E-state index >= 15 is 0 Å². The number of benzene rings is 2. The van der Waals surface area contributed by atoms with Gasteiger partial charge in [-0.05, 0) is 45.7 Å². The van der Waals surface area contributed by atoms with Crippen LogP contribution in [0, 0.1) is 27.7 Å². The summed E-state index contributed by atoms with van der Waals surface area (Å²) in [5.74, 6) is 0. The Morgan fingerprint density at radius 1 is 0.960 bits per heavy atom. The van der Waals surface area contributed by atoms with Gasteiger partial charge in [-0.25, -0.2) is 4.98 Å². The summed E-state index contributed by atoms with van der Waals surface area (Å²) in [7, 11) is 0. The van der Waals surface area contributed by atoms with Crippen LogP contribution in [0.4, 0.5) is 5.13 Å². The Morgan fingerprint density at radius 3 is 2.24 bits per heavy atom. The predicted molar refractivity (Wildman–Crippen MR) is 109 cm³/mol. The van der Waals surface area contributed by atoms with Gasteiger partial charge in [0.1, 0.15) is 0 Å². The van der Waals surface area contributed by atoms with E-state index in [0.29, 0.717) is 0 Å². The van der Waals surface area contributed by atoms with Gasteiger partial charge in [0.2, 0.25) is 5.13 Å². The maximum absolute atomic E-state index is 4.64. The molecule has 0 spiro atoms. The van der Waals surface area contributed by atoms with Crippen molar-refractivity contribution in [3.63, 3.8) is 0 Å². The molecule has 128 valence electrons. The van der Waals surface area contributed by atoms with Crippen LogP contribution >= 0.6 is 11.3 Å². The molecule has 0 unspecified atom stereocenters. The first-order chi connectivity index (χ1) is 11.9. The fraction of sp³-hybridized carbons (Fsp3) is 0.238. The quantitative estimate of drug-likeness (QED) is 0.472. The van der Waals surface area contributed by atoms with Gasteiger partial charge in [0.15, 0.2) is 0 Å². The standard InChI is InChI=1S/C21H23N3S/c1-13-6-8-18(9-7-13)19-12-25-21(22-19)24-23-17(5)20-15(3)10-14(2)11-16(20)4/h6-12H,1-5H3,(H,22,24)/b23-17-. The number of rotatable bonds is 4. The van der Waals surface area contributed by atoms with E-state index in [4.69, 9.17) is 0 Å². The number of nitrogens with one attached hydrogen (secondary N) is 1. The summed E-state index contributed by atoms with van der Waals surface area (Å²) in [4.78, 5) is 4.64. The Balaban J connectivity index is 1.79. The average molecular weight is 350 g/mol. The van der Waals surface area contributed by atoms with Crippen LogP contribution in [-0.4, -0.2) is 10.7 Å². The second-order valence-corrected chi connectivity index (χ2v) is 7.34. The van der Waals surface area contributed by atoms with E-state index in [2.05, 4.69) is 85.0 Å². The minimum Gasteiger partial charge on any atom is -0.252 e. The molecule has 1 heterocycles. The second kappa shape index (κ2) is 7.19. The zero-order valence-corrected chi connectivity index (χ0v) is 16.2. The smallest absolute Gasteiger partial charge is 0.203 e. The Hall–Kier alpha value is -2.46. The van der Waals surface area contributed by atoms with Crippen LogP contribution in [0.5, 0.6) is 0 Å². The molecule has 0 aliphatic rings. The fourth-order valence-corrected chi connectivity index (χ4v) is 3.78. The minimum atomic E-state index is 0.803. The van der Waals surface area contributed by atoms with Crippen LogP contribution in [-0.2, 0) is 0 Å². The van der Waals surface area contributed by atoms with Crippen LogP contribution in [0.15, 0.2) is 46.9 Å².